The molecule has 5 heteroatoms. The number of nitrogens with zero attached hydrogens (tertiary/aromatic N) is 1. The van der Waals surface area contributed by atoms with Gasteiger partial charge in [-0.2, -0.15) is 5.26 Å². The highest BCUT2D eigenvalue weighted by molar-refractivity contribution is 9.10. The van der Waals surface area contributed by atoms with Gasteiger partial charge in [-0.15, -0.1) is 0 Å². The Morgan fingerprint density at radius 1 is 1.33 bits per heavy atom. The monoisotopic (exact) mass is 354 g/mol. The van der Waals surface area contributed by atoms with Crippen molar-refractivity contribution in [3.05, 3.63) is 28.2 Å². The zero-order chi connectivity index (χ0) is 15.7. The summed E-state index contributed by atoms with van der Waals surface area (Å²) in [5.41, 5.74) is 0.794. The van der Waals surface area contributed by atoms with Gasteiger partial charge in [0.15, 0.2) is 0 Å². The van der Waals surface area contributed by atoms with Crippen LogP contribution in [0.25, 0.3) is 0 Å². The van der Waals surface area contributed by atoms with E-state index in [-0.39, 0.29) is 5.41 Å². The van der Waals surface area contributed by atoms with E-state index < -0.39 is 0 Å². The summed E-state index contributed by atoms with van der Waals surface area (Å²) in [5.74, 6) is 0.829. The molecule has 21 heavy (non-hydrogen) atoms. The molecule has 0 unspecified atom stereocenters. The maximum Gasteiger partial charge on any atom is 0.119 e. The van der Waals surface area contributed by atoms with Gasteiger partial charge in [0, 0.05) is 24.7 Å². The smallest absolute Gasteiger partial charge is 0.119 e. The van der Waals surface area contributed by atoms with Crippen molar-refractivity contribution in [1.29, 1.82) is 5.26 Å². The molecule has 0 aliphatic rings. The predicted octanol–water partition coefficient (Wildman–Crippen LogP) is 3.50. The van der Waals surface area contributed by atoms with Gasteiger partial charge in [0.25, 0.3) is 0 Å². The molecule has 116 valence electrons. The molecular formula is C16H23BrN2O2. The molecule has 0 aromatic heterocycles. The van der Waals surface area contributed by atoms with Crippen LogP contribution in [0.15, 0.2) is 22.7 Å². The number of methoxy groups -OCH3 is 1. The van der Waals surface area contributed by atoms with Crippen LogP contribution in [-0.4, -0.2) is 26.9 Å². The lowest BCUT2D eigenvalue weighted by atomic mass is 9.92. The third-order valence-corrected chi connectivity index (χ3v) is 3.89. The molecule has 0 aliphatic carbocycles. The Labute approximate surface area is 135 Å². The number of benzene rings is 1. The zero-order valence-electron chi connectivity index (χ0n) is 12.9. The molecule has 1 N–H and O–H groups in total. The fraction of sp³-hybridized carbons (Fsp3) is 0.562. The number of hydrogen-bond donors (Lipinski definition) is 1. The lowest BCUT2D eigenvalue weighted by Gasteiger charge is -2.16. The Morgan fingerprint density at radius 2 is 2.10 bits per heavy atom. The highest BCUT2D eigenvalue weighted by atomic mass is 79.9. The van der Waals surface area contributed by atoms with E-state index in [1.807, 2.05) is 32.0 Å². The van der Waals surface area contributed by atoms with Crippen molar-refractivity contribution in [2.24, 2.45) is 5.41 Å². The van der Waals surface area contributed by atoms with E-state index in [2.05, 4.69) is 27.3 Å². The first-order valence-electron chi connectivity index (χ1n) is 7.00. The zero-order valence-corrected chi connectivity index (χ0v) is 14.5. The number of halogens is 1. The first-order chi connectivity index (χ1) is 9.98. The fourth-order valence-corrected chi connectivity index (χ4v) is 2.04. The number of ether oxygens (including phenoxy) is 2. The Kier molecular flexibility index (Phi) is 7.73. The van der Waals surface area contributed by atoms with E-state index in [0.29, 0.717) is 19.6 Å². The molecule has 1 aromatic carbocycles. The van der Waals surface area contributed by atoms with Gasteiger partial charge in [-0.3, -0.25) is 0 Å². The summed E-state index contributed by atoms with van der Waals surface area (Å²) in [6.07, 6.45) is 0.709. The number of rotatable bonds is 9. The van der Waals surface area contributed by atoms with Crippen molar-refractivity contribution >= 4 is 15.9 Å². The van der Waals surface area contributed by atoms with Gasteiger partial charge in [-0.1, -0.05) is 15.9 Å². The van der Waals surface area contributed by atoms with E-state index in [1.54, 1.807) is 7.11 Å². The molecule has 0 fully saturated rings. The topological polar surface area (TPSA) is 54.3 Å². The number of nitriles is 1. The average Bonchev–Trinajstić information content (AvgIpc) is 2.46. The van der Waals surface area contributed by atoms with Crippen LogP contribution in [0, 0.1) is 16.7 Å². The van der Waals surface area contributed by atoms with E-state index in [0.717, 1.165) is 28.9 Å². The summed E-state index contributed by atoms with van der Waals surface area (Å²) in [7, 11) is 1.69. The van der Waals surface area contributed by atoms with Crippen LogP contribution in [0.2, 0.25) is 0 Å². The molecule has 0 bridgehead atoms. The van der Waals surface area contributed by atoms with Gasteiger partial charge < -0.3 is 14.8 Å². The maximum atomic E-state index is 8.98. The molecule has 0 amide bonds. The molecule has 0 aliphatic heterocycles. The summed E-state index contributed by atoms with van der Waals surface area (Å²) in [6, 6.07) is 8.21. The third kappa shape index (κ3) is 6.94. The third-order valence-electron chi connectivity index (χ3n) is 3.11. The van der Waals surface area contributed by atoms with Gasteiger partial charge in [-0.25, -0.2) is 0 Å². The van der Waals surface area contributed by atoms with E-state index in [9.17, 15) is 0 Å². The minimum atomic E-state index is -0.347. The molecule has 0 saturated carbocycles. The molecule has 0 saturated heterocycles. The molecule has 0 atom stereocenters. The molecule has 0 spiro atoms. The summed E-state index contributed by atoms with van der Waals surface area (Å²) >= 11 is 3.54. The minimum Gasteiger partial charge on any atom is -0.494 e. The molecular weight excluding hydrogens is 332 g/mol. The summed E-state index contributed by atoms with van der Waals surface area (Å²) < 4.78 is 11.8. The number of hydrogen-bond acceptors (Lipinski definition) is 4. The molecule has 4 nitrogen and oxygen atoms in total. The van der Waals surface area contributed by atoms with Crippen molar-refractivity contribution in [1.82, 2.24) is 5.32 Å². The highest BCUT2D eigenvalue weighted by Gasteiger charge is 2.16. The van der Waals surface area contributed by atoms with E-state index in [1.165, 1.54) is 0 Å². The van der Waals surface area contributed by atoms with Crippen LogP contribution in [0.3, 0.4) is 0 Å². The number of nitrogens with one attached hydrogen (secondary N) is 1. The Morgan fingerprint density at radius 3 is 2.76 bits per heavy atom. The van der Waals surface area contributed by atoms with Crippen molar-refractivity contribution < 1.29 is 9.47 Å². The second-order valence-electron chi connectivity index (χ2n) is 5.52. The minimum absolute atomic E-state index is 0.347. The van der Waals surface area contributed by atoms with Crippen molar-refractivity contribution in [3.8, 4) is 11.8 Å². The van der Waals surface area contributed by atoms with Crippen molar-refractivity contribution in [2.45, 2.75) is 26.8 Å². The molecule has 1 rings (SSSR count). The summed E-state index contributed by atoms with van der Waals surface area (Å²) in [5, 5.41) is 12.3. The van der Waals surface area contributed by atoms with Crippen LogP contribution in [0.5, 0.6) is 5.75 Å². The molecule has 1 aromatic rings. The fourth-order valence-electron chi connectivity index (χ4n) is 1.65. The Hall–Kier alpha value is -1.09. The van der Waals surface area contributed by atoms with Gasteiger partial charge in [0.2, 0.25) is 0 Å². The molecule has 0 heterocycles. The average molecular weight is 355 g/mol. The first-order valence-corrected chi connectivity index (χ1v) is 7.80. The summed E-state index contributed by atoms with van der Waals surface area (Å²) in [6.45, 7) is 6.64. The quantitative estimate of drug-likeness (QED) is 0.689. The van der Waals surface area contributed by atoms with Crippen LogP contribution in [0.4, 0.5) is 0 Å². The van der Waals surface area contributed by atoms with Crippen molar-refractivity contribution in [2.75, 3.05) is 26.9 Å². The van der Waals surface area contributed by atoms with Gasteiger partial charge in [0.05, 0.1) is 24.7 Å². The second-order valence-corrected chi connectivity index (χ2v) is 6.37. The first kappa shape index (κ1) is 18.0. The Bertz CT molecular complexity index is 484. The van der Waals surface area contributed by atoms with Crippen LogP contribution in [-0.2, 0) is 11.3 Å². The van der Waals surface area contributed by atoms with Crippen molar-refractivity contribution in [3.63, 3.8) is 0 Å². The lowest BCUT2D eigenvalue weighted by molar-refractivity contribution is 0.199. The van der Waals surface area contributed by atoms with Crippen LogP contribution >= 0.6 is 15.9 Å². The summed E-state index contributed by atoms with van der Waals surface area (Å²) in [4.78, 5) is 0. The normalized spacial score (nSPS) is 11.2. The van der Waals surface area contributed by atoms with Gasteiger partial charge in [0.1, 0.15) is 5.75 Å². The Balaban J connectivity index is 2.51. The second kappa shape index (κ2) is 9.04. The lowest BCUT2D eigenvalue weighted by Crippen LogP contribution is -2.18. The van der Waals surface area contributed by atoms with Gasteiger partial charge in [-0.05, 0) is 44.0 Å². The van der Waals surface area contributed by atoms with Gasteiger partial charge >= 0.3 is 0 Å². The van der Waals surface area contributed by atoms with E-state index >= 15 is 0 Å². The SMILES string of the molecule is COCCNCc1cc(OCCC(C)(C)C#N)ccc1Br. The predicted molar refractivity (Wildman–Crippen MR) is 87.2 cm³/mol. The maximum absolute atomic E-state index is 8.98. The molecule has 0 radical (unpaired) electrons. The largest absolute Gasteiger partial charge is 0.494 e. The van der Waals surface area contributed by atoms with Crippen LogP contribution in [0.1, 0.15) is 25.8 Å². The van der Waals surface area contributed by atoms with E-state index in [4.69, 9.17) is 14.7 Å². The van der Waals surface area contributed by atoms with Crippen LogP contribution < -0.4 is 10.1 Å². The standard InChI is InChI=1S/C16H23BrN2O2/c1-16(2,12-18)6-8-21-14-4-5-15(17)13(10-14)11-19-7-9-20-3/h4-5,10,19H,6-9,11H2,1-3H3. The highest BCUT2D eigenvalue weighted by Crippen LogP contribution is 2.24.